The number of rotatable bonds is 2. The maximum absolute atomic E-state index is 2.28. The van der Waals surface area contributed by atoms with E-state index < -0.39 is 0 Å². The second kappa shape index (κ2) is 4.32. The molecule has 3 heteroatoms. The number of hydrogen-bond acceptors (Lipinski definition) is 3. The van der Waals surface area contributed by atoms with Crippen LogP contribution in [0.2, 0.25) is 0 Å². The molecule has 3 heterocycles. The lowest BCUT2D eigenvalue weighted by molar-refractivity contribution is 0.777. The van der Waals surface area contributed by atoms with Gasteiger partial charge in [-0.05, 0) is 35.7 Å². The second-order valence-corrected chi connectivity index (χ2v) is 7.09. The van der Waals surface area contributed by atoms with Crippen LogP contribution in [0.3, 0.4) is 0 Å². The van der Waals surface area contributed by atoms with Gasteiger partial charge in [0, 0.05) is 20.3 Å². The van der Waals surface area contributed by atoms with Crippen molar-refractivity contribution in [2.24, 2.45) is 0 Å². The molecule has 78 valence electrons. The highest BCUT2D eigenvalue weighted by molar-refractivity contribution is 8.00. The Morgan fingerprint density at radius 1 is 0.867 bits per heavy atom. The minimum absolute atomic E-state index is 0.747. The van der Waals surface area contributed by atoms with Gasteiger partial charge in [-0.1, -0.05) is 12.1 Å². The second-order valence-electron chi connectivity index (χ2n) is 3.72. The highest BCUT2D eigenvalue weighted by Gasteiger charge is 2.28. The van der Waals surface area contributed by atoms with Gasteiger partial charge in [-0.15, -0.1) is 34.4 Å². The molecule has 2 unspecified atom stereocenters. The van der Waals surface area contributed by atoms with Gasteiger partial charge in [0.1, 0.15) is 0 Å². The fraction of sp³-hybridized carbons (Fsp3) is 0.333. The zero-order valence-corrected chi connectivity index (χ0v) is 10.7. The molecule has 0 saturated carbocycles. The van der Waals surface area contributed by atoms with Gasteiger partial charge in [0.05, 0.1) is 0 Å². The summed E-state index contributed by atoms with van der Waals surface area (Å²) in [6.45, 7) is 0. The third kappa shape index (κ3) is 2.01. The van der Waals surface area contributed by atoms with Crippen LogP contribution in [-0.2, 0) is 0 Å². The Balaban J connectivity index is 1.74. The van der Waals surface area contributed by atoms with E-state index in [0.717, 1.165) is 10.5 Å². The topological polar surface area (TPSA) is 0 Å². The summed E-state index contributed by atoms with van der Waals surface area (Å²) in [7, 11) is 0. The molecule has 0 aliphatic carbocycles. The van der Waals surface area contributed by atoms with Crippen LogP contribution in [0.15, 0.2) is 35.0 Å². The molecule has 0 bridgehead atoms. The molecule has 2 atom stereocenters. The summed E-state index contributed by atoms with van der Waals surface area (Å²) in [5.74, 6) is 0. The van der Waals surface area contributed by atoms with Crippen LogP contribution in [0, 0.1) is 0 Å². The highest BCUT2D eigenvalue weighted by atomic mass is 32.2. The number of hydrogen-bond donors (Lipinski definition) is 0. The average Bonchev–Trinajstić information content (AvgIpc) is 3.02. The van der Waals surface area contributed by atoms with Gasteiger partial charge in [0.2, 0.25) is 0 Å². The molecule has 1 saturated heterocycles. The molecule has 1 fully saturated rings. The summed E-state index contributed by atoms with van der Waals surface area (Å²) in [5, 5.41) is 5.87. The van der Waals surface area contributed by atoms with Crippen LogP contribution in [0.1, 0.15) is 33.1 Å². The van der Waals surface area contributed by atoms with Crippen molar-refractivity contribution >= 4 is 34.4 Å². The van der Waals surface area contributed by atoms with E-state index in [2.05, 4.69) is 46.8 Å². The van der Waals surface area contributed by atoms with Gasteiger partial charge in [0.25, 0.3) is 0 Å². The van der Waals surface area contributed by atoms with Crippen molar-refractivity contribution in [3.8, 4) is 0 Å². The SMILES string of the molecule is c1csc(C2CCC(c3cccs3)S2)c1. The van der Waals surface area contributed by atoms with Crippen molar-refractivity contribution in [1.29, 1.82) is 0 Å². The van der Waals surface area contributed by atoms with Crippen molar-refractivity contribution in [3.05, 3.63) is 44.8 Å². The first-order valence-electron chi connectivity index (χ1n) is 5.16. The van der Waals surface area contributed by atoms with Crippen molar-refractivity contribution in [2.75, 3.05) is 0 Å². The van der Waals surface area contributed by atoms with Crippen LogP contribution in [0.5, 0.6) is 0 Å². The van der Waals surface area contributed by atoms with E-state index in [9.17, 15) is 0 Å². The smallest absolute Gasteiger partial charge is 0.0398 e. The molecule has 1 aliphatic heterocycles. The maximum atomic E-state index is 2.28. The van der Waals surface area contributed by atoms with Crippen LogP contribution < -0.4 is 0 Å². The molecular formula is C12H12S3. The van der Waals surface area contributed by atoms with E-state index in [0.29, 0.717) is 0 Å². The van der Waals surface area contributed by atoms with Crippen molar-refractivity contribution in [2.45, 2.75) is 23.3 Å². The normalized spacial score (nSPS) is 25.9. The fourth-order valence-electron chi connectivity index (χ4n) is 2.00. The quantitative estimate of drug-likeness (QED) is 0.715. The van der Waals surface area contributed by atoms with Crippen LogP contribution in [0.25, 0.3) is 0 Å². The molecule has 0 radical (unpaired) electrons. The molecule has 3 rings (SSSR count). The van der Waals surface area contributed by atoms with Crippen molar-refractivity contribution in [3.63, 3.8) is 0 Å². The molecule has 0 N–H and O–H groups in total. The van der Waals surface area contributed by atoms with E-state index >= 15 is 0 Å². The molecule has 0 nitrogen and oxygen atoms in total. The van der Waals surface area contributed by atoms with E-state index in [4.69, 9.17) is 0 Å². The Morgan fingerprint density at radius 3 is 1.80 bits per heavy atom. The fourth-order valence-corrected chi connectivity index (χ4v) is 5.52. The monoisotopic (exact) mass is 252 g/mol. The largest absolute Gasteiger partial charge is 0.148 e. The summed E-state index contributed by atoms with van der Waals surface area (Å²) in [5.41, 5.74) is 0. The number of thioether (sulfide) groups is 1. The maximum Gasteiger partial charge on any atom is 0.0398 e. The van der Waals surface area contributed by atoms with Gasteiger partial charge in [-0.2, -0.15) is 0 Å². The summed E-state index contributed by atoms with van der Waals surface area (Å²) >= 11 is 5.95. The summed E-state index contributed by atoms with van der Waals surface area (Å²) in [6, 6.07) is 8.89. The standard InChI is InChI=1S/C12H12S3/c1-3-9(13-7-1)11-5-6-12(15-11)10-4-2-8-14-10/h1-4,7-8,11-12H,5-6H2. The Morgan fingerprint density at radius 2 is 1.40 bits per heavy atom. The Bertz CT molecular complexity index is 362. The Labute approximate surface area is 102 Å². The highest BCUT2D eigenvalue weighted by Crippen LogP contribution is 2.54. The van der Waals surface area contributed by atoms with Gasteiger partial charge < -0.3 is 0 Å². The zero-order chi connectivity index (χ0) is 10.1. The lowest BCUT2D eigenvalue weighted by Gasteiger charge is -2.08. The number of thiophene rings is 2. The zero-order valence-electron chi connectivity index (χ0n) is 8.26. The predicted molar refractivity (Wildman–Crippen MR) is 70.9 cm³/mol. The van der Waals surface area contributed by atoms with E-state index in [1.165, 1.54) is 12.8 Å². The van der Waals surface area contributed by atoms with Crippen LogP contribution in [0.4, 0.5) is 0 Å². The van der Waals surface area contributed by atoms with E-state index in [-0.39, 0.29) is 0 Å². The lowest BCUT2D eigenvalue weighted by Crippen LogP contribution is -1.82. The van der Waals surface area contributed by atoms with Gasteiger partial charge in [-0.25, -0.2) is 0 Å². The minimum Gasteiger partial charge on any atom is -0.148 e. The molecule has 15 heavy (non-hydrogen) atoms. The molecule has 0 amide bonds. The molecular weight excluding hydrogens is 240 g/mol. The van der Waals surface area contributed by atoms with Crippen molar-refractivity contribution < 1.29 is 0 Å². The first-order valence-corrected chi connectivity index (χ1v) is 7.86. The first-order chi connectivity index (χ1) is 7.43. The van der Waals surface area contributed by atoms with Gasteiger partial charge in [-0.3, -0.25) is 0 Å². The first kappa shape index (κ1) is 9.94. The predicted octanol–water partition coefficient (Wildman–Crippen LogP) is 5.12. The van der Waals surface area contributed by atoms with Crippen LogP contribution in [-0.4, -0.2) is 0 Å². The van der Waals surface area contributed by atoms with Crippen molar-refractivity contribution in [1.82, 2.24) is 0 Å². The molecule has 0 aromatic carbocycles. The molecule has 2 aromatic heterocycles. The Kier molecular flexibility index (Phi) is 2.86. The van der Waals surface area contributed by atoms with E-state index in [1.54, 1.807) is 9.75 Å². The third-order valence-electron chi connectivity index (χ3n) is 2.74. The molecule has 0 spiro atoms. The van der Waals surface area contributed by atoms with E-state index in [1.807, 2.05) is 22.7 Å². The van der Waals surface area contributed by atoms with Gasteiger partial charge in [0.15, 0.2) is 0 Å². The Hall–Kier alpha value is -0.250. The summed E-state index contributed by atoms with van der Waals surface area (Å²) in [4.78, 5) is 3.11. The third-order valence-corrected chi connectivity index (χ3v) is 6.65. The van der Waals surface area contributed by atoms with Crippen LogP contribution >= 0.6 is 34.4 Å². The summed E-state index contributed by atoms with van der Waals surface area (Å²) < 4.78 is 0. The molecule has 1 aliphatic rings. The molecule has 2 aromatic rings. The average molecular weight is 252 g/mol. The van der Waals surface area contributed by atoms with Gasteiger partial charge >= 0.3 is 0 Å². The summed E-state index contributed by atoms with van der Waals surface area (Å²) in [6.07, 6.45) is 2.68. The minimum atomic E-state index is 0.747. The lowest BCUT2D eigenvalue weighted by atomic mass is 10.1.